The van der Waals surface area contributed by atoms with Gasteiger partial charge in [-0.2, -0.15) is 0 Å². The summed E-state index contributed by atoms with van der Waals surface area (Å²) >= 11 is 0. The molecule has 2 nitrogen and oxygen atoms in total. The van der Waals surface area contributed by atoms with Crippen LogP contribution in [0.1, 0.15) is 19.4 Å². The summed E-state index contributed by atoms with van der Waals surface area (Å²) in [6, 6.07) is 13.6. The van der Waals surface area contributed by atoms with Gasteiger partial charge in [-0.05, 0) is 22.8 Å². The van der Waals surface area contributed by atoms with Gasteiger partial charge in [0.1, 0.15) is 5.78 Å². The summed E-state index contributed by atoms with van der Waals surface area (Å²) in [5.41, 5.74) is 8.96. The summed E-state index contributed by atoms with van der Waals surface area (Å²) in [4.78, 5) is 11.7. The van der Waals surface area contributed by atoms with Gasteiger partial charge in [-0.1, -0.05) is 62.4 Å². The fourth-order valence-corrected chi connectivity index (χ4v) is 2.10. The summed E-state index contributed by atoms with van der Waals surface area (Å²) in [5.74, 6) is -0.0453. The Balaban J connectivity index is 0.00000180. The van der Waals surface area contributed by atoms with Crippen LogP contribution in [-0.2, 0) is 11.2 Å². The molecule has 1 atom stereocenters. The molecule has 0 heterocycles. The van der Waals surface area contributed by atoms with Crippen molar-refractivity contribution in [2.24, 2.45) is 5.92 Å². The van der Waals surface area contributed by atoms with Crippen LogP contribution in [0.3, 0.4) is 0 Å². The number of ketones is 1. The molecule has 0 amide bonds. The Morgan fingerprint density at radius 3 is 2.37 bits per heavy atom. The summed E-state index contributed by atoms with van der Waals surface area (Å²) in [5, 5.41) is 2.36. The van der Waals surface area contributed by atoms with Crippen LogP contribution in [0.2, 0.25) is 0 Å². The van der Waals surface area contributed by atoms with Gasteiger partial charge in [0.15, 0.2) is 0 Å². The molecule has 0 aliphatic carbocycles. The number of benzene rings is 2. The summed E-state index contributed by atoms with van der Waals surface area (Å²) < 4.78 is 0. The molecule has 0 bridgehead atoms. The van der Waals surface area contributed by atoms with Gasteiger partial charge in [-0.25, -0.2) is 0 Å². The molecule has 2 aromatic carbocycles. The first kappa shape index (κ1) is 17.0. The van der Waals surface area contributed by atoms with Gasteiger partial charge in [-0.15, -0.1) is 0 Å². The van der Waals surface area contributed by atoms with Crippen molar-refractivity contribution in [2.45, 2.75) is 26.3 Å². The van der Waals surface area contributed by atoms with Crippen molar-refractivity contribution < 1.29 is 56.2 Å². The van der Waals surface area contributed by atoms with Crippen LogP contribution in [0, 0.1) is 5.92 Å². The molecule has 1 unspecified atom stereocenters. The molecule has 0 aliphatic rings. The van der Waals surface area contributed by atoms with Gasteiger partial charge < -0.3 is 10.5 Å². The minimum absolute atomic E-state index is 0. The van der Waals surface area contributed by atoms with Crippen LogP contribution < -0.4 is 51.4 Å². The maximum atomic E-state index is 11.7. The average Bonchev–Trinajstić information content (AvgIpc) is 2.37. The molecular formula is C16H18KNO. The van der Waals surface area contributed by atoms with E-state index in [1.807, 2.05) is 32.0 Å². The quantitative estimate of drug-likeness (QED) is 0.771. The van der Waals surface area contributed by atoms with E-state index < -0.39 is 6.04 Å². The second-order valence-electron chi connectivity index (χ2n) is 5.00. The molecule has 2 aromatic rings. The predicted molar refractivity (Wildman–Crippen MR) is 75.6 cm³/mol. The van der Waals surface area contributed by atoms with Crippen molar-refractivity contribution in [3.63, 3.8) is 0 Å². The molecule has 0 radical (unpaired) electrons. The SMILES string of the molecule is CC(C)C(=O)C([NH-])Cc1ccc2ccccc2c1.[K+]. The van der Waals surface area contributed by atoms with Gasteiger partial charge in [0.25, 0.3) is 0 Å². The van der Waals surface area contributed by atoms with Crippen LogP contribution in [-0.4, -0.2) is 11.8 Å². The summed E-state index contributed by atoms with van der Waals surface area (Å²) in [6.45, 7) is 3.70. The molecule has 0 fully saturated rings. The fraction of sp³-hybridized carbons (Fsp3) is 0.312. The Labute approximate surface area is 157 Å². The minimum Gasteiger partial charge on any atom is -0.668 e. The molecule has 0 spiro atoms. The number of rotatable bonds is 4. The molecule has 0 aliphatic heterocycles. The predicted octanol–water partition coefficient (Wildman–Crippen LogP) is 1.03. The first-order valence-electron chi connectivity index (χ1n) is 6.30. The molecule has 94 valence electrons. The average molecular weight is 279 g/mol. The third-order valence-corrected chi connectivity index (χ3v) is 3.17. The van der Waals surface area contributed by atoms with E-state index in [0.29, 0.717) is 6.42 Å². The number of fused-ring (bicyclic) bond motifs is 1. The molecule has 0 aromatic heterocycles. The Bertz CT molecular complexity index is 565. The van der Waals surface area contributed by atoms with E-state index in [1.54, 1.807) is 0 Å². The van der Waals surface area contributed by atoms with Crippen LogP contribution in [0.4, 0.5) is 0 Å². The first-order chi connectivity index (χ1) is 8.58. The van der Waals surface area contributed by atoms with E-state index in [0.717, 1.165) is 5.56 Å². The van der Waals surface area contributed by atoms with Gasteiger partial charge in [0.05, 0.1) is 0 Å². The van der Waals surface area contributed by atoms with E-state index in [4.69, 9.17) is 5.73 Å². The van der Waals surface area contributed by atoms with Crippen molar-refractivity contribution >= 4 is 16.6 Å². The van der Waals surface area contributed by atoms with Crippen LogP contribution in [0.5, 0.6) is 0 Å². The topological polar surface area (TPSA) is 40.9 Å². The number of carbonyl (C=O) groups excluding carboxylic acids is 1. The Kier molecular flexibility index (Phi) is 6.87. The van der Waals surface area contributed by atoms with E-state index in [2.05, 4.69) is 24.3 Å². The second-order valence-corrected chi connectivity index (χ2v) is 5.00. The second kappa shape index (κ2) is 7.67. The molecule has 0 saturated heterocycles. The molecule has 2 rings (SSSR count). The molecule has 1 N–H and O–H groups in total. The summed E-state index contributed by atoms with van der Waals surface area (Å²) in [6.07, 6.45) is 0.502. The van der Waals surface area contributed by atoms with Crippen molar-refractivity contribution in [3.05, 3.63) is 53.8 Å². The van der Waals surface area contributed by atoms with Gasteiger partial charge in [0, 0.05) is 5.92 Å². The normalized spacial score (nSPS) is 12.2. The van der Waals surface area contributed by atoms with E-state index in [1.165, 1.54) is 10.8 Å². The smallest absolute Gasteiger partial charge is 0.668 e. The van der Waals surface area contributed by atoms with Gasteiger partial charge >= 0.3 is 51.4 Å². The Morgan fingerprint density at radius 1 is 1.11 bits per heavy atom. The van der Waals surface area contributed by atoms with Crippen LogP contribution in [0.15, 0.2) is 42.5 Å². The molecule has 19 heavy (non-hydrogen) atoms. The molecule has 0 saturated carbocycles. The maximum Gasteiger partial charge on any atom is 1.00 e. The van der Waals surface area contributed by atoms with Crippen molar-refractivity contribution in [2.75, 3.05) is 0 Å². The standard InChI is InChI=1S/C16H18NO.K/c1-11(2)16(18)15(17)10-12-7-8-13-5-3-4-6-14(13)9-12;/h3-9,11,15,17H,10H2,1-2H3;/q-1;+1. The van der Waals surface area contributed by atoms with E-state index in [-0.39, 0.29) is 63.1 Å². The fourth-order valence-electron chi connectivity index (χ4n) is 2.10. The largest absolute Gasteiger partial charge is 1.00 e. The Hall–Kier alpha value is -0.0336. The maximum absolute atomic E-state index is 11.7. The minimum atomic E-state index is -0.647. The number of nitrogens with one attached hydrogen (secondary N) is 1. The van der Waals surface area contributed by atoms with E-state index >= 15 is 0 Å². The van der Waals surface area contributed by atoms with Crippen molar-refractivity contribution in [3.8, 4) is 0 Å². The zero-order valence-corrected chi connectivity index (χ0v) is 14.9. The van der Waals surface area contributed by atoms with Crippen molar-refractivity contribution in [1.29, 1.82) is 0 Å². The zero-order valence-electron chi connectivity index (χ0n) is 11.8. The third kappa shape index (κ3) is 4.48. The number of hydrogen-bond donors (Lipinski definition) is 0. The van der Waals surface area contributed by atoms with Crippen LogP contribution in [0.25, 0.3) is 16.5 Å². The Morgan fingerprint density at radius 2 is 1.74 bits per heavy atom. The number of Topliss-reactive ketones (excluding diaryl/α,β-unsaturated/α-hetero) is 1. The van der Waals surface area contributed by atoms with Gasteiger partial charge in [0.2, 0.25) is 0 Å². The zero-order chi connectivity index (χ0) is 13.1. The number of carbonyl (C=O) groups is 1. The first-order valence-corrected chi connectivity index (χ1v) is 6.30. The third-order valence-electron chi connectivity index (χ3n) is 3.17. The molecule has 3 heteroatoms. The van der Waals surface area contributed by atoms with Crippen LogP contribution >= 0.6 is 0 Å². The van der Waals surface area contributed by atoms with E-state index in [9.17, 15) is 4.79 Å². The monoisotopic (exact) mass is 279 g/mol. The summed E-state index contributed by atoms with van der Waals surface area (Å²) in [7, 11) is 0. The molecular weight excluding hydrogens is 261 g/mol. The van der Waals surface area contributed by atoms with Crippen molar-refractivity contribution in [1.82, 2.24) is 0 Å². The number of hydrogen-bond acceptors (Lipinski definition) is 1. The van der Waals surface area contributed by atoms with Gasteiger partial charge in [-0.3, -0.25) is 0 Å².